The van der Waals surface area contributed by atoms with Crippen LogP contribution in [-0.4, -0.2) is 34.7 Å². The minimum absolute atomic E-state index is 0.0413. The Balaban J connectivity index is 2.03. The largest absolute Gasteiger partial charge is 0.486 e. The SMILES string of the molecule is Cc1cc2c(cc1C)C(O)C(N1CCCC1)C(C)(C)O2. The molecule has 3 heteroatoms. The zero-order valence-electron chi connectivity index (χ0n) is 12.9. The maximum absolute atomic E-state index is 10.9. The molecule has 0 radical (unpaired) electrons. The molecule has 1 aromatic carbocycles. The van der Waals surface area contributed by atoms with Gasteiger partial charge in [-0.05, 0) is 76.9 Å². The fourth-order valence-electron chi connectivity index (χ4n) is 3.68. The van der Waals surface area contributed by atoms with E-state index in [4.69, 9.17) is 4.74 Å². The molecule has 0 aromatic heterocycles. The molecule has 2 aliphatic heterocycles. The summed E-state index contributed by atoms with van der Waals surface area (Å²) in [7, 11) is 0. The highest BCUT2D eigenvalue weighted by Crippen LogP contribution is 2.43. The van der Waals surface area contributed by atoms with E-state index in [1.165, 1.54) is 24.0 Å². The van der Waals surface area contributed by atoms with Crippen molar-refractivity contribution in [3.8, 4) is 5.75 Å². The number of likely N-dealkylation sites (tertiary alicyclic amines) is 1. The summed E-state index contributed by atoms with van der Waals surface area (Å²) < 4.78 is 6.25. The maximum Gasteiger partial charge on any atom is 0.126 e. The van der Waals surface area contributed by atoms with Crippen LogP contribution >= 0.6 is 0 Å². The van der Waals surface area contributed by atoms with Gasteiger partial charge in [0.05, 0.1) is 6.04 Å². The Kier molecular flexibility index (Phi) is 3.30. The van der Waals surface area contributed by atoms with Crippen molar-refractivity contribution >= 4 is 0 Å². The first-order valence-electron chi connectivity index (χ1n) is 7.62. The number of aliphatic hydroxyl groups is 1. The van der Waals surface area contributed by atoms with Crippen molar-refractivity contribution in [3.63, 3.8) is 0 Å². The number of fused-ring (bicyclic) bond motifs is 1. The topological polar surface area (TPSA) is 32.7 Å². The van der Waals surface area contributed by atoms with E-state index in [-0.39, 0.29) is 11.6 Å². The fraction of sp³-hybridized carbons (Fsp3) is 0.647. The molecule has 0 aliphatic carbocycles. The summed E-state index contributed by atoms with van der Waals surface area (Å²) in [6.07, 6.45) is 1.98. The summed E-state index contributed by atoms with van der Waals surface area (Å²) in [5.74, 6) is 0.848. The second-order valence-corrected chi connectivity index (χ2v) is 6.81. The molecular weight excluding hydrogens is 250 g/mol. The van der Waals surface area contributed by atoms with E-state index < -0.39 is 6.10 Å². The molecule has 1 fully saturated rings. The Hall–Kier alpha value is -1.06. The van der Waals surface area contributed by atoms with E-state index in [1.807, 2.05) is 0 Å². The van der Waals surface area contributed by atoms with E-state index in [0.29, 0.717) is 0 Å². The zero-order valence-corrected chi connectivity index (χ0v) is 12.9. The second kappa shape index (κ2) is 4.74. The quantitative estimate of drug-likeness (QED) is 0.855. The van der Waals surface area contributed by atoms with Crippen molar-refractivity contribution in [1.29, 1.82) is 0 Å². The first kappa shape index (κ1) is 13.9. The Morgan fingerprint density at radius 2 is 1.75 bits per heavy atom. The van der Waals surface area contributed by atoms with E-state index >= 15 is 0 Å². The van der Waals surface area contributed by atoms with E-state index in [9.17, 15) is 5.11 Å². The Labute approximate surface area is 121 Å². The lowest BCUT2D eigenvalue weighted by atomic mass is 9.84. The third-order valence-corrected chi connectivity index (χ3v) is 4.86. The molecular formula is C17H25NO2. The van der Waals surface area contributed by atoms with Crippen LogP contribution in [-0.2, 0) is 0 Å². The second-order valence-electron chi connectivity index (χ2n) is 6.81. The molecule has 20 heavy (non-hydrogen) atoms. The normalized spacial score (nSPS) is 29.1. The first-order valence-corrected chi connectivity index (χ1v) is 7.62. The lowest BCUT2D eigenvalue weighted by molar-refractivity contribution is -0.0758. The van der Waals surface area contributed by atoms with Gasteiger partial charge in [0.1, 0.15) is 17.5 Å². The third-order valence-electron chi connectivity index (χ3n) is 4.86. The molecule has 2 aliphatic rings. The standard InChI is InChI=1S/C17H25NO2/c1-11-9-13-14(10-12(11)2)20-17(3,4)16(15(13)19)18-7-5-6-8-18/h9-10,15-16,19H,5-8H2,1-4H3. The average Bonchev–Trinajstić information content (AvgIpc) is 2.85. The summed E-state index contributed by atoms with van der Waals surface area (Å²) in [5.41, 5.74) is 3.01. The molecule has 1 saturated heterocycles. The van der Waals surface area contributed by atoms with Gasteiger partial charge in [-0.1, -0.05) is 0 Å². The minimum Gasteiger partial charge on any atom is -0.486 e. The number of hydrogen-bond donors (Lipinski definition) is 1. The van der Waals surface area contributed by atoms with Crippen LogP contribution in [0.15, 0.2) is 12.1 Å². The van der Waals surface area contributed by atoms with E-state index in [1.54, 1.807) is 0 Å². The molecule has 3 rings (SSSR count). The molecule has 0 bridgehead atoms. The van der Waals surface area contributed by atoms with Gasteiger partial charge in [-0.25, -0.2) is 0 Å². The molecule has 0 spiro atoms. The predicted molar refractivity (Wildman–Crippen MR) is 80.2 cm³/mol. The van der Waals surface area contributed by atoms with Crippen LogP contribution in [0.2, 0.25) is 0 Å². The van der Waals surface area contributed by atoms with Crippen molar-refractivity contribution in [2.45, 2.75) is 58.3 Å². The smallest absolute Gasteiger partial charge is 0.126 e. The van der Waals surface area contributed by atoms with Gasteiger partial charge in [-0.3, -0.25) is 4.90 Å². The van der Waals surface area contributed by atoms with E-state index in [2.05, 4.69) is 44.7 Å². The number of benzene rings is 1. The number of ether oxygens (including phenoxy) is 1. The van der Waals surface area contributed by atoms with Crippen LogP contribution in [0, 0.1) is 13.8 Å². The first-order chi connectivity index (χ1) is 9.40. The summed E-state index contributed by atoms with van der Waals surface area (Å²) >= 11 is 0. The van der Waals surface area contributed by atoms with Crippen molar-refractivity contribution in [2.75, 3.05) is 13.1 Å². The predicted octanol–water partition coefficient (Wildman–Crippen LogP) is 2.97. The zero-order chi connectivity index (χ0) is 14.5. The Morgan fingerprint density at radius 1 is 1.15 bits per heavy atom. The summed E-state index contributed by atoms with van der Waals surface area (Å²) in [5, 5.41) is 10.9. The van der Waals surface area contributed by atoms with Crippen molar-refractivity contribution < 1.29 is 9.84 Å². The van der Waals surface area contributed by atoms with Gasteiger partial charge >= 0.3 is 0 Å². The van der Waals surface area contributed by atoms with Gasteiger partial charge < -0.3 is 9.84 Å². The fourth-order valence-corrected chi connectivity index (χ4v) is 3.68. The number of hydrogen-bond acceptors (Lipinski definition) is 3. The number of rotatable bonds is 1. The summed E-state index contributed by atoms with van der Waals surface area (Å²) in [6.45, 7) is 10.5. The highest BCUT2D eigenvalue weighted by atomic mass is 16.5. The third kappa shape index (κ3) is 2.13. The highest BCUT2D eigenvalue weighted by molar-refractivity contribution is 5.46. The van der Waals surface area contributed by atoms with Crippen LogP contribution in [0.25, 0.3) is 0 Å². The molecule has 1 N–H and O–H groups in total. The molecule has 110 valence electrons. The average molecular weight is 275 g/mol. The van der Waals surface area contributed by atoms with Crippen LogP contribution in [0.1, 0.15) is 49.5 Å². The molecule has 2 heterocycles. The van der Waals surface area contributed by atoms with Gasteiger partial charge in [0, 0.05) is 5.56 Å². The molecule has 1 aromatic rings. The van der Waals surface area contributed by atoms with Crippen molar-refractivity contribution in [3.05, 3.63) is 28.8 Å². The van der Waals surface area contributed by atoms with Crippen LogP contribution in [0.3, 0.4) is 0 Å². The Morgan fingerprint density at radius 3 is 2.40 bits per heavy atom. The molecule has 2 unspecified atom stereocenters. The number of nitrogens with zero attached hydrogens (tertiary/aromatic N) is 1. The highest BCUT2D eigenvalue weighted by Gasteiger charge is 2.46. The van der Waals surface area contributed by atoms with Gasteiger partial charge in [-0.2, -0.15) is 0 Å². The number of aliphatic hydroxyl groups excluding tert-OH is 1. The van der Waals surface area contributed by atoms with Gasteiger partial charge in [-0.15, -0.1) is 0 Å². The van der Waals surface area contributed by atoms with E-state index in [0.717, 1.165) is 24.4 Å². The summed E-state index contributed by atoms with van der Waals surface area (Å²) in [6, 6.07) is 4.20. The molecule has 3 nitrogen and oxygen atoms in total. The maximum atomic E-state index is 10.9. The van der Waals surface area contributed by atoms with Gasteiger partial charge in [0.25, 0.3) is 0 Å². The van der Waals surface area contributed by atoms with Gasteiger partial charge in [0.15, 0.2) is 0 Å². The monoisotopic (exact) mass is 275 g/mol. The van der Waals surface area contributed by atoms with Crippen molar-refractivity contribution in [2.24, 2.45) is 0 Å². The lowest BCUT2D eigenvalue weighted by Gasteiger charge is -2.47. The molecule has 0 saturated carbocycles. The lowest BCUT2D eigenvalue weighted by Crippen LogP contribution is -2.57. The van der Waals surface area contributed by atoms with Crippen molar-refractivity contribution in [1.82, 2.24) is 4.90 Å². The molecule has 0 amide bonds. The van der Waals surface area contributed by atoms with Crippen LogP contribution in [0.5, 0.6) is 5.75 Å². The van der Waals surface area contributed by atoms with Crippen LogP contribution < -0.4 is 4.74 Å². The van der Waals surface area contributed by atoms with Gasteiger partial charge in [0.2, 0.25) is 0 Å². The minimum atomic E-state index is -0.467. The molecule has 2 atom stereocenters. The van der Waals surface area contributed by atoms with Crippen LogP contribution in [0.4, 0.5) is 0 Å². The summed E-state index contributed by atoms with van der Waals surface area (Å²) in [4.78, 5) is 2.39. The Bertz CT molecular complexity index is 518. The number of aryl methyl sites for hydroxylation is 2.